The fourth-order valence-electron chi connectivity index (χ4n) is 5.11. The molecule has 186 valence electrons. The van der Waals surface area contributed by atoms with E-state index in [1.807, 2.05) is 36.4 Å². The molecule has 4 heterocycles. The third-order valence-electron chi connectivity index (χ3n) is 7.07. The van der Waals surface area contributed by atoms with Crippen LogP contribution < -0.4 is 0 Å². The minimum absolute atomic E-state index is 0.161. The molecule has 4 aromatic rings. The maximum Gasteiger partial charge on any atom is 0.284 e. The van der Waals surface area contributed by atoms with Gasteiger partial charge in [0.25, 0.3) is 5.91 Å². The van der Waals surface area contributed by atoms with Crippen molar-refractivity contribution < 1.29 is 9.90 Å². The van der Waals surface area contributed by atoms with Gasteiger partial charge in [0, 0.05) is 41.4 Å². The van der Waals surface area contributed by atoms with Crippen LogP contribution in [-0.2, 0) is 6.54 Å². The molecule has 1 unspecified atom stereocenters. The number of likely N-dealkylation sites (tertiary alicyclic amines) is 1. The summed E-state index contributed by atoms with van der Waals surface area (Å²) in [6.07, 6.45) is 6.56. The lowest BCUT2D eigenvalue weighted by molar-refractivity contribution is 0.0714. The molecule has 0 bridgehead atoms. The molecule has 0 aliphatic carbocycles. The number of phenols is 1. The van der Waals surface area contributed by atoms with Gasteiger partial charge in [-0.25, -0.2) is 5.01 Å². The normalized spacial score (nSPS) is 17.8. The molecule has 2 aliphatic rings. The second kappa shape index (κ2) is 10.3. The van der Waals surface area contributed by atoms with E-state index in [4.69, 9.17) is 5.10 Å². The molecule has 1 saturated heterocycles. The van der Waals surface area contributed by atoms with Crippen molar-refractivity contribution in [2.75, 3.05) is 13.1 Å². The smallest absolute Gasteiger partial charge is 0.284 e. The van der Waals surface area contributed by atoms with E-state index >= 15 is 0 Å². The number of rotatable bonds is 6. The molecule has 0 radical (unpaired) electrons. The molecule has 7 heteroatoms. The number of nitrogens with zero attached hydrogens (tertiary/aromatic N) is 4. The summed E-state index contributed by atoms with van der Waals surface area (Å²) in [6.45, 7) is 3.36. The number of para-hydroxylation sites is 1. The first-order chi connectivity index (χ1) is 18.2. The molecule has 2 aromatic heterocycles. The zero-order valence-corrected chi connectivity index (χ0v) is 21.3. The highest BCUT2D eigenvalue weighted by Crippen LogP contribution is 2.39. The SMILES string of the molecule is O=C(c1ccc(-c2ccc(CN3CCCC3)cc2)s1)N1N=C(c2cccnc2)CC1c1ccccc1O. The minimum atomic E-state index is -0.390. The van der Waals surface area contributed by atoms with E-state index in [0.29, 0.717) is 16.9 Å². The van der Waals surface area contributed by atoms with Crippen LogP contribution in [0.5, 0.6) is 5.75 Å². The molecule has 6 nitrogen and oxygen atoms in total. The molecule has 0 saturated carbocycles. The van der Waals surface area contributed by atoms with E-state index in [1.165, 1.54) is 47.8 Å². The van der Waals surface area contributed by atoms with Crippen LogP contribution in [-0.4, -0.2) is 44.7 Å². The molecule has 37 heavy (non-hydrogen) atoms. The molecular formula is C30H28N4O2S. The van der Waals surface area contributed by atoms with Crippen LogP contribution in [0.15, 0.2) is 90.3 Å². The molecule has 2 aromatic carbocycles. The van der Waals surface area contributed by atoms with Crippen LogP contribution in [0.25, 0.3) is 10.4 Å². The monoisotopic (exact) mass is 508 g/mol. The van der Waals surface area contributed by atoms with Gasteiger partial charge in [-0.1, -0.05) is 48.5 Å². The van der Waals surface area contributed by atoms with Crippen LogP contribution >= 0.6 is 11.3 Å². The van der Waals surface area contributed by atoms with Gasteiger partial charge in [0.1, 0.15) is 5.75 Å². The number of carbonyl (C=O) groups is 1. The number of amides is 1. The Morgan fingerprint density at radius 3 is 2.51 bits per heavy atom. The number of aromatic hydroxyl groups is 1. The average molecular weight is 509 g/mol. The lowest BCUT2D eigenvalue weighted by Crippen LogP contribution is -2.26. The fourth-order valence-corrected chi connectivity index (χ4v) is 6.06. The van der Waals surface area contributed by atoms with Gasteiger partial charge in [-0.05, 0) is 61.3 Å². The number of benzene rings is 2. The molecule has 0 spiro atoms. The van der Waals surface area contributed by atoms with Crippen molar-refractivity contribution in [3.63, 3.8) is 0 Å². The summed E-state index contributed by atoms with van der Waals surface area (Å²) in [5.41, 5.74) is 4.76. The summed E-state index contributed by atoms with van der Waals surface area (Å²) in [6, 6.07) is 23.1. The van der Waals surface area contributed by atoms with Crippen molar-refractivity contribution in [1.29, 1.82) is 0 Å². The molecule has 1 fully saturated rings. The van der Waals surface area contributed by atoms with E-state index in [0.717, 1.165) is 28.3 Å². The van der Waals surface area contributed by atoms with Gasteiger partial charge in [-0.2, -0.15) is 5.10 Å². The van der Waals surface area contributed by atoms with E-state index in [-0.39, 0.29) is 17.7 Å². The van der Waals surface area contributed by atoms with Gasteiger partial charge >= 0.3 is 0 Å². The van der Waals surface area contributed by atoms with Crippen LogP contribution in [0, 0.1) is 0 Å². The Bertz CT molecular complexity index is 1430. The molecule has 1 N–H and O–H groups in total. The van der Waals surface area contributed by atoms with Gasteiger partial charge in [0.2, 0.25) is 0 Å². The van der Waals surface area contributed by atoms with Crippen molar-refractivity contribution in [1.82, 2.24) is 14.9 Å². The molecule has 1 amide bonds. The van der Waals surface area contributed by atoms with Crippen LogP contribution in [0.4, 0.5) is 0 Å². The van der Waals surface area contributed by atoms with Gasteiger partial charge in [0.05, 0.1) is 16.6 Å². The highest BCUT2D eigenvalue weighted by Gasteiger charge is 2.35. The zero-order chi connectivity index (χ0) is 25.2. The van der Waals surface area contributed by atoms with Crippen molar-refractivity contribution >= 4 is 23.0 Å². The predicted molar refractivity (Wildman–Crippen MR) is 147 cm³/mol. The lowest BCUT2D eigenvalue weighted by Gasteiger charge is -2.22. The zero-order valence-electron chi connectivity index (χ0n) is 20.5. The highest BCUT2D eigenvalue weighted by atomic mass is 32.1. The molecule has 1 atom stereocenters. The topological polar surface area (TPSA) is 69.0 Å². The summed E-state index contributed by atoms with van der Waals surface area (Å²) in [5, 5.41) is 16.8. The van der Waals surface area contributed by atoms with Crippen LogP contribution in [0.3, 0.4) is 0 Å². The van der Waals surface area contributed by atoms with Crippen molar-refractivity contribution in [2.24, 2.45) is 5.10 Å². The summed E-state index contributed by atoms with van der Waals surface area (Å²) >= 11 is 1.47. The van der Waals surface area contributed by atoms with E-state index < -0.39 is 0 Å². The summed E-state index contributed by atoms with van der Waals surface area (Å²) < 4.78 is 0. The van der Waals surface area contributed by atoms with Crippen molar-refractivity contribution in [3.05, 3.63) is 107 Å². The number of aromatic nitrogens is 1. The first-order valence-electron chi connectivity index (χ1n) is 12.7. The first-order valence-corrected chi connectivity index (χ1v) is 13.5. The average Bonchev–Trinajstić information content (AvgIpc) is 3.71. The number of hydrogen-bond acceptors (Lipinski definition) is 6. The van der Waals surface area contributed by atoms with E-state index in [1.54, 1.807) is 24.5 Å². The number of phenolic OH excluding ortho intramolecular Hbond substituents is 1. The molecular weight excluding hydrogens is 480 g/mol. The first kappa shape index (κ1) is 23.6. The molecule has 6 rings (SSSR count). The van der Waals surface area contributed by atoms with Gasteiger partial charge < -0.3 is 5.11 Å². The van der Waals surface area contributed by atoms with Crippen LogP contribution in [0.2, 0.25) is 0 Å². The Morgan fingerprint density at radius 1 is 0.946 bits per heavy atom. The second-order valence-electron chi connectivity index (χ2n) is 9.56. The quantitative estimate of drug-likeness (QED) is 0.342. The number of hydrazone groups is 1. The Balaban J connectivity index is 1.26. The Kier molecular flexibility index (Phi) is 6.55. The fraction of sp³-hybridized carbons (Fsp3) is 0.233. The van der Waals surface area contributed by atoms with E-state index in [9.17, 15) is 9.90 Å². The summed E-state index contributed by atoms with van der Waals surface area (Å²) in [4.78, 5) is 22.1. The summed E-state index contributed by atoms with van der Waals surface area (Å²) in [5.74, 6) is -0.0112. The second-order valence-corrected chi connectivity index (χ2v) is 10.6. The third kappa shape index (κ3) is 4.92. The molecule has 2 aliphatic heterocycles. The Hall–Kier alpha value is -3.81. The summed E-state index contributed by atoms with van der Waals surface area (Å²) in [7, 11) is 0. The number of carbonyl (C=O) groups excluding carboxylic acids is 1. The standard InChI is InChI=1S/C30H28N4O2S/c35-27-8-2-1-7-24(27)26-18-25(23-6-5-15-31-19-23)32-34(26)30(36)29-14-13-28(37-29)22-11-9-21(10-12-22)20-33-16-3-4-17-33/h1-2,5-15,19,26,35H,3-4,16-18,20H2. The van der Waals surface area contributed by atoms with Crippen molar-refractivity contribution in [2.45, 2.75) is 31.8 Å². The Morgan fingerprint density at radius 2 is 1.76 bits per heavy atom. The lowest BCUT2D eigenvalue weighted by atomic mass is 9.98. The maximum atomic E-state index is 13.7. The third-order valence-corrected chi connectivity index (χ3v) is 8.19. The largest absolute Gasteiger partial charge is 0.508 e. The van der Waals surface area contributed by atoms with E-state index in [2.05, 4.69) is 34.1 Å². The Labute approximate surface area is 220 Å². The van der Waals surface area contributed by atoms with Gasteiger partial charge in [-0.3, -0.25) is 14.7 Å². The van der Waals surface area contributed by atoms with Gasteiger partial charge in [-0.15, -0.1) is 11.3 Å². The number of pyridine rings is 1. The van der Waals surface area contributed by atoms with Gasteiger partial charge in [0.15, 0.2) is 0 Å². The number of thiophene rings is 1. The van der Waals surface area contributed by atoms with Crippen molar-refractivity contribution in [3.8, 4) is 16.2 Å². The maximum absolute atomic E-state index is 13.7. The van der Waals surface area contributed by atoms with Crippen LogP contribution in [0.1, 0.15) is 51.7 Å². The minimum Gasteiger partial charge on any atom is -0.508 e. The highest BCUT2D eigenvalue weighted by molar-refractivity contribution is 7.17. The predicted octanol–water partition coefficient (Wildman–Crippen LogP) is 6.10. The number of hydrogen-bond donors (Lipinski definition) is 1.